The molecular formula is C40H55N5O9S. The van der Waals surface area contributed by atoms with Crippen LogP contribution in [0.4, 0.5) is 4.79 Å². The summed E-state index contributed by atoms with van der Waals surface area (Å²) in [7, 11) is -3.90. The fraction of sp³-hybridized carbons (Fsp3) is 0.625. The average molecular weight is 782 g/mol. The van der Waals surface area contributed by atoms with Gasteiger partial charge in [0, 0.05) is 23.1 Å². The van der Waals surface area contributed by atoms with Gasteiger partial charge in [-0.05, 0) is 83.6 Å². The summed E-state index contributed by atoms with van der Waals surface area (Å²) >= 11 is 0. The van der Waals surface area contributed by atoms with Gasteiger partial charge in [0.2, 0.25) is 27.7 Å². The van der Waals surface area contributed by atoms with Crippen molar-refractivity contribution in [2.75, 3.05) is 13.2 Å². The molecule has 14 nitrogen and oxygen atoms in total. The Labute approximate surface area is 323 Å². The maximum Gasteiger partial charge on any atom is 0.408 e. The van der Waals surface area contributed by atoms with Gasteiger partial charge in [-0.25, -0.2) is 18.2 Å². The highest BCUT2D eigenvalue weighted by atomic mass is 32.2. The van der Waals surface area contributed by atoms with Crippen molar-refractivity contribution in [1.29, 1.82) is 0 Å². The molecule has 55 heavy (non-hydrogen) atoms. The van der Waals surface area contributed by atoms with Crippen molar-refractivity contribution in [1.82, 2.24) is 25.2 Å². The average Bonchev–Trinajstić information content (AvgIpc) is 4.04. The fourth-order valence-corrected chi connectivity index (χ4v) is 9.02. The number of benzene rings is 1. The van der Waals surface area contributed by atoms with Crippen LogP contribution in [0.15, 0.2) is 42.6 Å². The van der Waals surface area contributed by atoms with Crippen LogP contribution in [0.1, 0.15) is 92.9 Å². The SMILES string of the molecule is CCCOc1cnc(O[C@@H]2C[C@H]3C(=O)N[C@]4(C(=O)NS(=O)(=O)C5CC5)C[C@H]4/C=C\CC[C@@H](C)C[C@@H](C)[C@H](NC(=O)OC(C)(C)C)C(=O)N3C2)c2ccccc12. The van der Waals surface area contributed by atoms with Gasteiger partial charge in [-0.1, -0.05) is 51.1 Å². The molecule has 1 saturated heterocycles. The Kier molecular flexibility index (Phi) is 11.7. The Morgan fingerprint density at radius 2 is 1.80 bits per heavy atom. The number of carbonyl (C=O) groups is 4. The van der Waals surface area contributed by atoms with Crippen LogP contribution in [0, 0.1) is 17.8 Å². The molecule has 7 atom stereocenters. The summed E-state index contributed by atoms with van der Waals surface area (Å²) in [5.74, 6) is -1.61. The van der Waals surface area contributed by atoms with E-state index in [1.165, 1.54) is 4.90 Å². The van der Waals surface area contributed by atoms with Crippen LogP contribution in [0.5, 0.6) is 11.6 Å². The summed E-state index contributed by atoms with van der Waals surface area (Å²) in [6, 6.07) is 5.36. The first-order valence-corrected chi connectivity index (χ1v) is 21.1. The molecule has 2 aliphatic carbocycles. The molecule has 0 radical (unpaired) electrons. The van der Waals surface area contributed by atoms with E-state index < -0.39 is 74.3 Å². The van der Waals surface area contributed by atoms with Gasteiger partial charge in [0.25, 0.3) is 5.91 Å². The molecule has 4 aliphatic rings. The van der Waals surface area contributed by atoms with Crippen LogP contribution in [-0.2, 0) is 29.1 Å². The van der Waals surface area contributed by atoms with Crippen LogP contribution in [0.3, 0.4) is 0 Å². The minimum Gasteiger partial charge on any atom is -0.491 e. The number of carbonyl (C=O) groups excluding carboxylic acids is 4. The van der Waals surface area contributed by atoms with Crippen LogP contribution in [0.25, 0.3) is 10.8 Å². The molecule has 3 N–H and O–H groups in total. The number of allylic oxidation sites excluding steroid dienone is 1. The lowest BCUT2D eigenvalue weighted by Crippen LogP contribution is -2.59. The highest BCUT2D eigenvalue weighted by Gasteiger charge is 2.62. The largest absolute Gasteiger partial charge is 0.491 e. The van der Waals surface area contributed by atoms with Crippen LogP contribution >= 0.6 is 0 Å². The Morgan fingerprint density at radius 3 is 2.49 bits per heavy atom. The first-order valence-electron chi connectivity index (χ1n) is 19.5. The van der Waals surface area contributed by atoms with E-state index in [2.05, 4.69) is 27.3 Å². The molecule has 0 unspecified atom stereocenters. The van der Waals surface area contributed by atoms with E-state index in [4.69, 9.17) is 14.2 Å². The quantitative estimate of drug-likeness (QED) is 0.300. The zero-order valence-corrected chi connectivity index (χ0v) is 33.4. The molecule has 2 aliphatic heterocycles. The lowest BCUT2D eigenvalue weighted by atomic mass is 9.88. The molecule has 3 fully saturated rings. The van der Waals surface area contributed by atoms with Gasteiger partial charge in [-0.3, -0.25) is 19.1 Å². The van der Waals surface area contributed by atoms with E-state index in [0.717, 1.165) is 18.2 Å². The van der Waals surface area contributed by atoms with Crippen LogP contribution in [0.2, 0.25) is 0 Å². The van der Waals surface area contributed by atoms with E-state index in [1.54, 1.807) is 27.0 Å². The molecule has 0 spiro atoms. The predicted molar refractivity (Wildman–Crippen MR) is 206 cm³/mol. The number of ether oxygens (including phenoxy) is 3. The van der Waals surface area contributed by atoms with Gasteiger partial charge < -0.3 is 29.7 Å². The summed E-state index contributed by atoms with van der Waals surface area (Å²) in [5, 5.41) is 6.58. The molecular weight excluding hydrogens is 727 g/mol. The van der Waals surface area contributed by atoms with Crippen molar-refractivity contribution in [2.24, 2.45) is 17.8 Å². The van der Waals surface area contributed by atoms with E-state index in [0.29, 0.717) is 49.3 Å². The number of fused-ring (bicyclic) bond motifs is 3. The highest BCUT2D eigenvalue weighted by Crippen LogP contribution is 2.46. The number of hydrogen-bond donors (Lipinski definition) is 3. The number of nitrogens with one attached hydrogen (secondary N) is 3. The second-order valence-electron chi connectivity index (χ2n) is 16.7. The van der Waals surface area contributed by atoms with Crippen molar-refractivity contribution < 1.29 is 41.8 Å². The first-order chi connectivity index (χ1) is 26.0. The molecule has 1 aromatic heterocycles. The summed E-state index contributed by atoms with van der Waals surface area (Å²) < 4.78 is 46.0. The van der Waals surface area contributed by atoms with Gasteiger partial charge in [-0.15, -0.1) is 0 Å². The topological polar surface area (TPSA) is 182 Å². The van der Waals surface area contributed by atoms with E-state index in [9.17, 15) is 27.6 Å². The number of alkyl carbamates (subject to hydrolysis) is 1. The molecule has 3 heterocycles. The first kappa shape index (κ1) is 40.3. The van der Waals surface area contributed by atoms with Gasteiger partial charge in [0.15, 0.2) is 0 Å². The third-order valence-electron chi connectivity index (χ3n) is 10.8. The van der Waals surface area contributed by atoms with E-state index in [-0.39, 0.29) is 31.2 Å². The number of hydrogen-bond acceptors (Lipinski definition) is 10. The van der Waals surface area contributed by atoms with Crippen molar-refractivity contribution in [3.8, 4) is 11.6 Å². The maximum absolute atomic E-state index is 14.8. The normalized spacial score (nSPS) is 29.5. The van der Waals surface area contributed by atoms with Crippen molar-refractivity contribution in [2.45, 2.75) is 127 Å². The minimum atomic E-state index is -3.90. The monoisotopic (exact) mass is 781 g/mol. The third-order valence-corrected chi connectivity index (χ3v) is 12.6. The molecule has 6 rings (SSSR count). The number of sulfonamides is 1. The Balaban J connectivity index is 1.34. The maximum atomic E-state index is 14.8. The summed E-state index contributed by atoms with van der Waals surface area (Å²) in [6.07, 6.45) is 8.04. The van der Waals surface area contributed by atoms with Crippen LogP contribution < -0.4 is 24.8 Å². The highest BCUT2D eigenvalue weighted by molar-refractivity contribution is 7.91. The number of nitrogens with zero attached hydrogens (tertiary/aromatic N) is 2. The minimum absolute atomic E-state index is 0.0195. The van der Waals surface area contributed by atoms with Crippen molar-refractivity contribution in [3.05, 3.63) is 42.6 Å². The standard InChI is InChI=1S/C40H55N5O9S/c1-7-18-52-32-22-41-35(30-15-11-10-14-29(30)32)53-27-20-31-34(46)43-40(37(48)44-55(50,51)28-16-17-28)21-26(40)13-9-8-12-24(2)19-25(3)33(36(47)45(31)23-27)42-38(49)54-39(4,5)6/h9-11,13-15,22,24-28,31,33H,7-8,12,16-21,23H2,1-6H3,(H,42,49)(H,43,46)(H,44,48)/b13-9-/t24-,25-,26-,27-,31+,33+,40-/m1/s1. The van der Waals surface area contributed by atoms with Gasteiger partial charge in [-0.2, -0.15) is 0 Å². The molecule has 300 valence electrons. The second-order valence-corrected chi connectivity index (χ2v) is 18.7. The molecule has 4 amide bonds. The predicted octanol–water partition coefficient (Wildman–Crippen LogP) is 4.76. The molecule has 0 bridgehead atoms. The number of rotatable bonds is 9. The lowest BCUT2D eigenvalue weighted by molar-refractivity contribution is -0.142. The Hall–Kier alpha value is -4.40. The summed E-state index contributed by atoms with van der Waals surface area (Å²) in [4.78, 5) is 62.2. The smallest absolute Gasteiger partial charge is 0.408 e. The number of amides is 4. The van der Waals surface area contributed by atoms with Crippen molar-refractivity contribution in [3.63, 3.8) is 0 Å². The van der Waals surface area contributed by atoms with Gasteiger partial charge in [0.05, 0.1) is 24.6 Å². The zero-order chi connectivity index (χ0) is 39.7. The zero-order valence-electron chi connectivity index (χ0n) is 32.6. The van der Waals surface area contributed by atoms with Crippen molar-refractivity contribution >= 4 is 44.6 Å². The summed E-state index contributed by atoms with van der Waals surface area (Å²) in [5.41, 5.74) is -2.33. The Bertz CT molecular complexity index is 1930. The molecule has 1 aromatic carbocycles. The lowest BCUT2D eigenvalue weighted by Gasteiger charge is -2.33. The Morgan fingerprint density at radius 1 is 1.07 bits per heavy atom. The van der Waals surface area contributed by atoms with Gasteiger partial charge >= 0.3 is 6.09 Å². The number of aromatic nitrogens is 1. The second kappa shape index (κ2) is 16.0. The molecule has 2 saturated carbocycles. The summed E-state index contributed by atoms with van der Waals surface area (Å²) in [6.45, 7) is 11.7. The van der Waals surface area contributed by atoms with Gasteiger partial charge in [0.1, 0.15) is 35.1 Å². The van der Waals surface area contributed by atoms with E-state index >= 15 is 0 Å². The molecule has 15 heteroatoms. The number of pyridine rings is 1. The molecule has 2 aromatic rings. The van der Waals surface area contributed by atoms with Crippen LogP contribution in [-0.4, -0.2) is 89.8 Å². The fourth-order valence-electron chi connectivity index (χ4n) is 7.65. The van der Waals surface area contributed by atoms with E-state index in [1.807, 2.05) is 50.3 Å². The third kappa shape index (κ3) is 9.36.